The highest BCUT2D eigenvalue weighted by Gasteiger charge is 2.51. The number of hydrogen-bond donors (Lipinski definition) is 2. The third-order valence-corrected chi connectivity index (χ3v) is 9.07. The molecule has 5 rings (SSSR count). The summed E-state index contributed by atoms with van der Waals surface area (Å²) in [5.41, 5.74) is 0.895. The van der Waals surface area contributed by atoms with Crippen molar-refractivity contribution < 1.29 is 39.1 Å². The van der Waals surface area contributed by atoms with Gasteiger partial charge in [0.05, 0.1) is 22.6 Å². The molecule has 1 saturated heterocycles. The number of nitrogens with zero attached hydrogens (tertiary/aromatic N) is 2. The highest BCUT2D eigenvalue weighted by atomic mass is 32.2. The summed E-state index contributed by atoms with van der Waals surface area (Å²) in [7, 11) is -3.74. The number of pyridine rings is 1. The molecule has 39 heavy (non-hydrogen) atoms. The second-order valence-electron chi connectivity index (χ2n) is 9.64. The van der Waals surface area contributed by atoms with E-state index in [4.69, 9.17) is 0 Å². The predicted octanol–water partition coefficient (Wildman–Crippen LogP) is 4.95. The fourth-order valence-electron chi connectivity index (χ4n) is 4.89. The van der Waals surface area contributed by atoms with Crippen LogP contribution in [0.25, 0.3) is 11.3 Å². The van der Waals surface area contributed by atoms with Gasteiger partial charge in [0.1, 0.15) is 11.6 Å². The number of halogens is 3. The van der Waals surface area contributed by atoms with E-state index in [0.717, 1.165) is 0 Å². The molecule has 1 saturated carbocycles. The van der Waals surface area contributed by atoms with Gasteiger partial charge >= 0.3 is 6.36 Å². The summed E-state index contributed by atoms with van der Waals surface area (Å²) in [5, 5.41) is 12.3. The zero-order valence-corrected chi connectivity index (χ0v) is 21.5. The number of carbonyl (C=O) groups is 1. The first kappa shape index (κ1) is 27.1. The molecule has 0 spiro atoms. The van der Waals surface area contributed by atoms with E-state index in [9.17, 15) is 31.5 Å². The molecule has 1 amide bonds. The number of sulfonamides is 1. The van der Waals surface area contributed by atoms with E-state index in [1.807, 2.05) is 0 Å². The summed E-state index contributed by atoms with van der Waals surface area (Å²) < 4.78 is 68.6. The van der Waals surface area contributed by atoms with Gasteiger partial charge in [-0.3, -0.25) is 4.79 Å². The monoisotopic (exact) mass is 565 g/mol. The zero-order valence-electron chi connectivity index (χ0n) is 20.7. The Morgan fingerprint density at radius 3 is 2.41 bits per heavy atom. The molecule has 1 aromatic heterocycles. The maximum absolute atomic E-state index is 13.1. The Hall–Kier alpha value is -3.48. The van der Waals surface area contributed by atoms with Crippen LogP contribution in [0.1, 0.15) is 34.1 Å². The van der Waals surface area contributed by atoms with Gasteiger partial charge in [0, 0.05) is 21.0 Å². The Bertz CT molecular complexity index is 1470. The second-order valence-corrected chi connectivity index (χ2v) is 11.5. The Labute approximate surface area is 226 Å². The highest BCUT2D eigenvalue weighted by Crippen LogP contribution is 2.49. The van der Waals surface area contributed by atoms with Gasteiger partial charge in [0.2, 0.25) is 15.9 Å². The van der Waals surface area contributed by atoms with Crippen molar-refractivity contribution in [1.29, 1.82) is 0 Å². The fraction of sp³-hybridized carbons (Fsp3) is 0.333. The lowest BCUT2D eigenvalue weighted by molar-refractivity contribution is -0.274. The number of alkyl halides is 3. The van der Waals surface area contributed by atoms with Crippen molar-refractivity contribution in [3.05, 3.63) is 72.3 Å². The molecule has 1 atom stereocenters. The van der Waals surface area contributed by atoms with Crippen molar-refractivity contribution in [2.24, 2.45) is 0 Å². The summed E-state index contributed by atoms with van der Waals surface area (Å²) in [6.07, 6.45) is -2.39. The van der Waals surface area contributed by atoms with Crippen LogP contribution < -0.4 is 10.1 Å². The maximum Gasteiger partial charge on any atom is 0.573 e. The van der Waals surface area contributed by atoms with Crippen LogP contribution in [0.2, 0.25) is 0 Å². The third kappa shape index (κ3) is 5.63. The Morgan fingerprint density at radius 1 is 1.10 bits per heavy atom. The van der Waals surface area contributed by atoms with Crippen LogP contribution in [0.4, 0.5) is 19.0 Å². The first-order valence-corrected chi connectivity index (χ1v) is 13.8. The van der Waals surface area contributed by atoms with Crippen LogP contribution in [-0.4, -0.2) is 54.3 Å². The summed E-state index contributed by atoms with van der Waals surface area (Å²) in [6, 6.07) is 16.2. The number of amides is 1. The third-order valence-electron chi connectivity index (χ3n) is 7.11. The lowest BCUT2D eigenvalue weighted by Crippen LogP contribution is -2.37. The summed E-state index contributed by atoms with van der Waals surface area (Å²) in [5.74, 6) is -0.383. The topological polar surface area (TPSA) is 109 Å². The summed E-state index contributed by atoms with van der Waals surface area (Å²) in [4.78, 5) is 17.8. The number of rotatable bonds is 8. The summed E-state index contributed by atoms with van der Waals surface area (Å²) >= 11 is 0. The molecule has 210 valence electrons. The smallest absolute Gasteiger partial charge is 0.406 e. The molecular formula is C27H30F3N3O5S. The first-order valence-electron chi connectivity index (χ1n) is 12.4. The molecule has 2 fully saturated rings. The average molecular weight is 566 g/mol. The number of benzene rings is 2. The summed E-state index contributed by atoms with van der Waals surface area (Å²) in [6.45, 7) is 0.143. The standard InChI is InChI=1S/C27H26F3N3O5S.2H2/c28-27(29,30)38-21-10-8-19(9-11-21)26(14-15-26)25(35)32-24-5-1-4-23(31-24)18-6-12-22(13-7-18)39(36,37)33-16-2-3-20(33)17-34;;/h1,4-13,20,34H,2-3,14-17H2,(H,31,32,35);2*1H/t20-;;/m1../s1. The minimum Gasteiger partial charge on any atom is -0.406 e. The van der Waals surface area contributed by atoms with E-state index in [0.29, 0.717) is 54.9 Å². The molecule has 2 N–H and O–H groups in total. The number of carbonyl (C=O) groups excluding carboxylic acids is 1. The SMILES string of the molecule is O=C(Nc1cccc(-c2ccc(S(=O)(=O)N3CCC[C@@H]3CO)cc2)n1)C1(c2ccc(OC(F)(F)F)cc2)CC1.[HH].[HH]. The number of aliphatic hydroxyl groups excluding tert-OH is 1. The first-order chi connectivity index (χ1) is 18.5. The van der Waals surface area contributed by atoms with Crippen molar-refractivity contribution in [2.75, 3.05) is 18.5 Å². The number of nitrogens with one attached hydrogen (secondary N) is 1. The lowest BCUT2D eigenvalue weighted by Gasteiger charge is -2.22. The molecule has 2 heterocycles. The van der Waals surface area contributed by atoms with Gasteiger partial charge in [-0.15, -0.1) is 13.2 Å². The molecule has 12 heteroatoms. The number of aromatic nitrogens is 1. The van der Waals surface area contributed by atoms with E-state index >= 15 is 0 Å². The van der Waals surface area contributed by atoms with E-state index in [2.05, 4.69) is 15.0 Å². The quantitative estimate of drug-likeness (QED) is 0.400. The minimum absolute atomic E-state index is 0. The lowest BCUT2D eigenvalue weighted by atomic mass is 9.95. The van der Waals surface area contributed by atoms with Crippen LogP contribution in [0, 0.1) is 0 Å². The van der Waals surface area contributed by atoms with Gasteiger partial charge < -0.3 is 15.2 Å². The Morgan fingerprint density at radius 2 is 1.79 bits per heavy atom. The van der Waals surface area contributed by atoms with Crippen molar-refractivity contribution in [3.8, 4) is 17.0 Å². The van der Waals surface area contributed by atoms with Crippen molar-refractivity contribution in [3.63, 3.8) is 0 Å². The van der Waals surface area contributed by atoms with Crippen molar-refractivity contribution in [2.45, 2.75) is 48.4 Å². The Balaban J connectivity index is 0.00000231. The highest BCUT2D eigenvalue weighted by molar-refractivity contribution is 7.89. The Kier molecular flexibility index (Phi) is 7.12. The van der Waals surface area contributed by atoms with Crippen LogP contribution in [0.5, 0.6) is 5.75 Å². The average Bonchev–Trinajstić information content (AvgIpc) is 3.57. The molecule has 8 nitrogen and oxygen atoms in total. The molecular weight excluding hydrogens is 535 g/mol. The second kappa shape index (κ2) is 10.2. The normalized spacial score (nSPS) is 19.0. The number of anilines is 1. The van der Waals surface area contributed by atoms with Gasteiger partial charge in [-0.1, -0.05) is 30.3 Å². The molecule has 0 unspecified atom stereocenters. The van der Waals surface area contributed by atoms with Gasteiger partial charge in [-0.25, -0.2) is 13.4 Å². The molecule has 1 aliphatic heterocycles. The molecule has 0 bridgehead atoms. The van der Waals surface area contributed by atoms with E-state index in [-0.39, 0.29) is 26.0 Å². The fourth-order valence-corrected chi connectivity index (χ4v) is 6.57. The number of aliphatic hydroxyl groups is 1. The predicted molar refractivity (Wildman–Crippen MR) is 141 cm³/mol. The van der Waals surface area contributed by atoms with E-state index in [1.165, 1.54) is 40.7 Å². The van der Waals surface area contributed by atoms with Crippen LogP contribution >= 0.6 is 0 Å². The van der Waals surface area contributed by atoms with E-state index < -0.39 is 27.8 Å². The molecule has 2 aliphatic rings. The molecule has 3 aromatic rings. The largest absolute Gasteiger partial charge is 0.573 e. The molecule has 1 aliphatic carbocycles. The van der Waals surface area contributed by atoms with Crippen molar-refractivity contribution in [1.82, 2.24) is 9.29 Å². The number of hydrogen-bond acceptors (Lipinski definition) is 6. The maximum atomic E-state index is 13.1. The number of ether oxygens (including phenoxy) is 1. The van der Waals surface area contributed by atoms with Crippen LogP contribution in [-0.2, 0) is 20.2 Å². The minimum atomic E-state index is -4.79. The van der Waals surface area contributed by atoms with Gasteiger partial charge in [-0.05, 0) is 67.6 Å². The molecule has 0 radical (unpaired) electrons. The van der Waals surface area contributed by atoms with Gasteiger partial charge in [0.25, 0.3) is 0 Å². The van der Waals surface area contributed by atoms with Crippen LogP contribution in [0.3, 0.4) is 0 Å². The van der Waals surface area contributed by atoms with Crippen LogP contribution in [0.15, 0.2) is 71.6 Å². The van der Waals surface area contributed by atoms with Gasteiger partial charge in [0.15, 0.2) is 0 Å². The van der Waals surface area contributed by atoms with E-state index in [1.54, 1.807) is 30.3 Å². The molecule has 2 aromatic carbocycles. The zero-order chi connectivity index (χ0) is 27.8. The van der Waals surface area contributed by atoms with Crippen molar-refractivity contribution >= 4 is 21.7 Å². The van der Waals surface area contributed by atoms with Gasteiger partial charge in [-0.2, -0.15) is 4.31 Å².